The van der Waals surface area contributed by atoms with Gasteiger partial charge >= 0.3 is 0 Å². The van der Waals surface area contributed by atoms with Gasteiger partial charge < -0.3 is 15.5 Å². The van der Waals surface area contributed by atoms with E-state index in [-0.39, 0.29) is 11.9 Å². The van der Waals surface area contributed by atoms with Crippen molar-refractivity contribution in [2.45, 2.75) is 12.5 Å². The number of amides is 1. The molecule has 1 aliphatic heterocycles. The Morgan fingerprint density at radius 1 is 1.59 bits per heavy atom. The molecule has 2 N–H and O–H groups in total. The fourth-order valence-electron chi connectivity index (χ4n) is 2.20. The van der Waals surface area contributed by atoms with Gasteiger partial charge in [0.1, 0.15) is 0 Å². The summed E-state index contributed by atoms with van der Waals surface area (Å²) in [7, 11) is 2.07. The van der Waals surface area contributed by atoms with Crippen LogP contribution in [0.5, 0.6) is 0 Å². The zero-order valence-electron chi connectivity index (χ0n) is 10.1. The summed E-state index contributed by atoms with van der Waals surface area (Å²) in [6.07, 6.45) is 0.512. The first-order valence-corrected chi connectivity index (χ1v) is 6.79. The maximum atomic E-state index is 12.2. The zero-order chi connectivity index (χ0) is 12.3. The molecule has 0 aromatic carbocycles. The molecule has 1 aromatic rings. The lowest BCUT2D eigenvalue weighted by molar-refractivity contribution is -0.134. The van der Waals surface area contributed by atoms with E-state index in [0.717, 1.165) is 24.5 Å². The fraction of sp³-hybridized carbons (Fsp3) is 0.583. The van der Waals surface area contributed by atoms with E-state index < -0.39 is 0 Å². The first-order chi connectivity index (χ1) is 8.20. The molecule has 2 heterocycles. The standard InChI is InChI=1S/C12H19N3OS/c1-14-4-5-15(10(8-13)9-14)12(16)7-11-3-2-6-17-11/h2-3,6,10H,4-5,7-9,13H2,1H3. The Kier molecular flexibility index (Phi) is 4.15. The number of likely N-dealkylation sites (N-methyl/N-ethyl adjacent to an activating group) is 1. The van der Waals surface area contributed by atoms with Crippen LogP contribution in [0.25, 0.3) is 0 Å². The van der Waals surface area contributed by atoms with Gasteiger partial charge in [-0.25, -0.2) is 0 Å². The highest BCUT2D eigenvalue weighted by Crippen LogP contribution is 2.14. The molecule has 4 nitrogen and oxygen atoms in total. The van der Waals surface area contributed by atoms with E-state index in [1.807, 2.05) is 22.4 Å². The maximum absolute atomic E-state index is 12.2. The Morgan fingerprint density at radius 3 is 3.06 bits per heavy atom. The predicted molar refractivity (Wildman–Crippen MR) is 70.1 cm³/mol. The Bertz CT molecular complexity index is 366. The van der Waals surface area contributed by atoms with Crippen LogP contribution in [0.4, 0.5) is 0 Å². The summed E-state index contributed by atoms with van der Waals surface area (Å²) in [4.78, 5) is 17.5. The monoisotopic (exact) mass is 253 g/mol. The number of carbonyl (C=O) groups is 1. The third-order valence-corrected chi connectivity index (χ3v) is 4.06. The minimum atomic E-state index is 0.168. The summed E-state index contributed by atoms with van der Waals surface area (Å²) in [5.74, 6) is 0.205. The van der Waals surface area contributed by atoms with E-state index in [9.17, 15) is 4.79 Å². The van der Waals surface area contributed by atoms with E-state index >= 15 is 0 Å². The highest BCUT2D eigenvalue weighted by atomic mass is 32.1. The normalized spacial score (nSPS) is 21.8. The van der Waals surface area contributed by atoms with Crippen molar-refractivity contribution in [3.05, 3.63) is 22.4 Å². The van der Waals surface area contributed by atoms with Gasteiger partial charge in [-0.05, 0) is 18.5 Å². The van der Waals surface area contributed by atoms with Crippen LogP contribution in [-0.2, 0) is 11.2 Å². The van der Waals surface area contributed by atoms with Crippen molar-refractivity contribution in [3.8, 4) is 0 Å². The Morgan fingerprint density at radius 2 is 2.41 bits per heavy atom. The third kappa shape index (κ3) is 3.06. The molecule has 1 aliphatic rings. The quantitative estimate of drug-likeness (QED) is 0.848. The molecule has 0 radical (unpaired) electrons. The molecular formula is C12H19N3OS. The number of rotatable bonds is 3. The number of hydrogen-bond donors (Lipinski definition) is 1. The van der Waals surface area contributed by atoms with Crippen LogP contribution in [0.15, 0.2) is 17.5 Å². The third-order valence-electron chi connectivity index (χ3n) is 3.18. The van der Waals surface area contributed by atoms with Gasteiger partial charge in [0, 0.05) is 31.1 Å². The van der Waals surface area contributed by atoms with Gasteiger partial charge in [0.2, 0.25) is 5.91 Å². The van der Waals surface area contributed by atoms with Gasteiger partial charge in [0.25, 0.3) is 0 Å². The predicted octanol–water partition coefficient (Wildman–Crippen LogP) is 0.392. The second-order valence-electron chi connectivity index (χ2n) is 4.50. The van der Waals surface area contributed by atoms with Gasteiger partial charge in [0.05, 0.1) is 12.5 Å². The minimum absolute atomic E-state index is 0.168. The van der Waals surface area contributed by atoms with Crippen molar-refractivity contribution >= 4 is 17.2 Å². The molecule has 94 valence electrons. The van der Waals surface area contributed by atoms with E-state index in [0.29, 0.717) is 13.0 Å². The maximum Gasteiger partial charge on any atom is 0.228 e. The largest absolute Gasteiger partial charge is 0.336 e. The topological polar surface area (TPSA) is 49.6 Å². The molecule has 1 saturated heterocycles. The highest BCUT2D eigenvalue weighted by Gasteiger charge is 2.27. The lowest BCUT2D eigenvalue weighted by Gasteiger charge is -2.39. The van der Waals surface area contributed by atoms with Crippen LogP contribution in [-0.4, -0.2) is 55.0 Å². The zero-order valence-corrected chi connectivity index (χ0v) is 10.9. The lowest BCUT2D eigenvalue weighted by Crippen LogP contribution is -2.57. The number of nitrogens with zero attached hydrogens (tertiary/aromatic N) is 2. The summed E-state index contributed by atoms with van der Waals surface area (Å²) in [6.45, 7) is 3.16. The Balaban J connectivity index is 1.98. The molecule has 2 rings (SSSR count). The SMILES string of the molecule is CN1CCN(C(=O)Cc2cccs2)C(CN)C1. The minimum Gasteiger partial charge on any atom is -0.336 e. The Labute approximate surface area is 106 Å². The lowest BCUT2D eigenvalue weighted by atomic mass is 10.1. The molecule has 0 spiro atoms. The highest BCUT2D eigenvalue weighted by molar-refractivity contribution is 7.10. The first-order valence-electron chi connectivity index (χ1n) is 5.91. The summed E-state index contributed by atoms with van der Waals surface area (Å²) in [5.41, 5.74) is 5.75. The van der Waals surface area contributed by atoms with Crippen LogP contribution >= 0.6 is 11.3 Å². The summed E-state index contributed by atoms with van der Waals surface area (Å²) in [5, 5.41) is 2.01. The van der Waals surface area contributed by atoms with E-state index in [2.05, 4.69) is 11.9 Å². The molecule has 1 aromatic heterocycles. The number of piperazine rings is 1. The van der Waals surface area contributed by atoms with Crippen LogP contribution < -0.4 is 5.73 Å². The number of thiophene rings is 1. The number of nitrogens with two attached hydrogens (primary N) is 1. The average Bonchev–Trinajstić information content (AvgIpc) is 2.81. The van der Waals surface area contributed by atoms with Gasteiger partial charge in [-0.1, -0.05) is 6.07 Å². The average molecular weight is 253 g/mol. The van der Waals surface area contributed by atoms with Gasteiger partial charge in [-0.15, -0.1) is 11.3 Å². The van der Waals surface area contributed by atoms with Crippen molar-refractivity contribution in [1.82, 2.24) is 9.80 Å². The van der Waals surface area contributed by atoms with E-state index in [1.165, 1.54) is 0 Å². The molecule has 1 amide bonds. The van der Waals surface area contributed by atoms with Crippen LogP contribution in [0.1, 0.15) is 4.88 Å². The molecular weight excluding hydrogens is 234 g/mol. The molecule has 0 saturated carbocycles. The van der Waals surface area contributed by atoms with E-state index in [1.54, 1.807) is 11.3 Å². The second kappa shape index (κ2) is 5.62. The summed E-state index contributed by atoms with van der Waals surface area (Å²) >= 11 is 1.64. The second-order valence-corrected chi connectivity index (χ2v) is 5.53. The smallest absolute Gasteiger partial charge is 0.228 e. The number of carbonyl (C=O) groups excluding carboxylic acids is 1. The van der Waals surface area contributed by atoms with Crippen molar-refractivity contribution in [2.24, 2.45) is 5.73 Å². The summed E-state index contributed by atoms with van der Waals surface area (Å²) in [6, 6.07) is 4.16. The van der Waals surface area contributed by atoms with Crippen molar-refractivity contribution < 1.29 is 4.79 Å². The van der Waals surface area contributed by atoms with Crippen molar-refractivity contribution in [3.63, 3.8) is 0 Å². The molecule has 0 bridgehead atoms. The summed E-state index contributed by atoms with van der Waals surface area (Å²) < 4.78 is 0. The fourth-order valence-corrected chi connectivity index (χ4v) is 2.90. The van der Waals surface area contributed by atoms with Gasteiger partial charge in [-0.2, -0.15) is 0 Å². The molecule has 17 heavy (non-hydrogen) atoms. The molecule has 1 fully saturated rings. The van der Waals surface area contributed by atoms with Gasteiger partial charge in [-0.3, -0.25) is 4.79 Å². The van der Waals surface area contributed by atoms with Crippen molar-refractivity contribution in [2.75, 3.05) is 33.2 Å². The van der Waals surface area contributed by atoms with Crippen LogP contribution in [0, 0.1) is 0 Å². The van der Waals surface area contributed by atoms with Crippen molar-refractivity contribution in [1.29, 1.82) is 0 Å². The molecule has 5 heteroatoms. The molecule has 1 atom stereocenters. The van der Waals surface area contributed by atoms with E-state index in [4.69, 9.17) is 5.73 Å². The Hall–Kier alpha value is -0.910. The van der Waals surface area contributed by atoms with Gasteiger partial charge in [0.15, 0.2) is 0 Å². The number of hydrogen-bond acceptors (Lipinski definition) is 4. The molecule has 1 unspecified atom stereocenters. The van der Waals surface area contributed by atoms with Crippen LogP contribution in [0.2, 0.25) is 0 Å². The van der Waals surface area contributed by atoms with Crippen LogP contribution in [0.3, 0.4) is 0 Å². The molecule has 0 aliphatic carbocycles. The first kappa shape index (κ1) is 12.5.